The molecule has 2 rings (SSSR count). The monoisotopic (exact) mass is 255 g/mol. The van der Waals surface area contributed by atoms with Crippen molar-refractivity contribution in [2.45, 2.75) is 37.5 Å². The number of hydrogen-bond acceptors (Lipinski definition) is 2. The molecule has 0 spiro atoms. The van der Waals surface area contributed by atoms with Crippen molar-refractivity contribution in [3.05, 3.63) is 18.0 Å². The van der Waals surface area contributed by atoms with Gasteiger partial charge < -0.3 is 5.32 Å². The molecular formula is C13H22ClN3. The van der Waals surface area contributed by atoms with Crippen LogP contribution < -0.4 is 5.32 Å². The number of aryl methyl sites for hydroxylation is 1. The third-order valence-electron chi connectivity index (χ3n) is 3.56. The Morgan fingerprint density at radius 2 is 2.18 bits per heavy atom. The highest BCUT2D eigenvalue weighted by atomic mass is 35.5. The smallest absolute Gasteiger partial charge is 0.0522 e. The van der Waals surface area contributed by atoms with E-state index in [1.54, 1.807) is 0 Å². The van der Waals surface area contributed by atoms with E-state index in [-0.39, 0.29) is 0 Å². The predicted molar refractivity (Wildman–Crippen MR) is 71.4 cm³/mol. The summed E-state index contributed by atoms with van der Waals surface area (Å²) >= 11 is 6.10. The minimum Gasteiger partial charge on any atom is -0.316 e. The van der Waals surface area contributed by atoms with Gasteiger partial charge in [0.15, 0.2) is 0 Å². The lowest BCUT2D eigenvalue weighted by Crippen LogP contribution is -2.28. The summed E-state index contributed by atoms with van der Waals surface area (Å²) in [5.74, 6) is 0.832. The molecule has 1 aromatic rings. The summed E-state index contributed by atoms with van der Waals surface area (Å²) in [4.78, 5) is 0. The molecule has 1 saturated carbocycles. The van der Waals surface area contributed by atoms with Crippen LogP contribution in [0.25, 0.3) is 0 Å². The van der Waals surface area contributed by atoms with E-state index in [1.165, 1.54) is 31.2 Å². The van der Waals surface area contributed by atoms with Crippen LogP contribution in [0.5, 0.6) is 0 Å². The summed E-state index contributed by atoms with van der Waals surface area (Å²) in [7, 11) is 1.96. The normalized spacial score (nSPS) is 25.1. The number of hydrogen-bond donors (Lipinski definition) is 1. The van der Waals surface area contributed by atoms with Crippen LogP contribution >= 0.6 is 11.6 Å². The first-order valence-corrected chi connectivity index (χ1v) is 7.00. The topological polar surface area (TPSA) is 29.9 Å². The van der Waals surface area contributed by atoms with E-state index in [9.17, 15) is 0 Å². The number of aromatic nitrogens is 2. The predicted octanol–water partition coefficient (Wildman–Crippen LogP) is 2.35. The van der Waals surface area contributed by atoms with Gasteiger partial charge in [0.25, 0.3) is 0 Å². The van der Waals surface area contributed by atoms with Crippen molar-refractivity contribution >= 4 is 11.6 Å². The highest BCUT2D eigenvalue weighted by Gasteiger charge is 2.18. The summed E-state index contributed by atoms with van der Waals surface area (Å²) in [6, 6.07) is 0. The van der Waals surface area contributed by atoms with Gasteiger partial charge in [-0.2, -0.15) is 5.10 Å². The van der Waals surface area contributed by atoms with Crippen LogP contribution in [0.15, 0.2) is 12.4 Å². The summed E-state index contributed by atoms with van der Waals surface area (Å²) in [6.07, 6.45) is 10.1. The zero-order valence-corrected chi connectivity index (χ0v) is 11.3. The van der Waals surface area contributed by atoms with Gasteiger partial charge in [0, 0.05) is 18.6 Å². The highest BCUT2D eigenvalue weighted by molar-refractivity contribution is 6.20. The van der Waals surface area contributed by atoms with E-state index in [4.69, 9.17) is 11.6 Å². The Labute approximate surface area is 109 Å². The second-order valence-electron chi connectivity index (χ2n) is 5.09. The standard InChI is InChI=1S/C13H22ClN3/c1-17-10-12(9-16-17)6-7-15-8-11-2-4-13(14)5-3-11/h9-11,13,15H,2-8H2,1H3. The summed E-state index contributed by atoms with van der Waals surface area (Å²) in [6.45, 7) is 2.19. The van der Waals surface area contributed by atoms with Crippen LogP contribution in [0.1, 0.15) is 31.2 Å². The lowest BCUT2D eigenvalue weighted by atomic mass is 9.89. The second-order valence-corrected chi connectivity index (χ2v) is 5.71. The molecule has 1 fully saturated rings. The molecule has 1 aromatic heterocycles. The quantitative estimate of drug-likeness (QED) is 0.647. The van der Waals surface area contributed by atoms with Gasteiger partial charge in [-0.25, -0.2) is 0 Å². The SMILES string of the molecule is Cn1cc(CCNCC2CCC(Cl)CC2)cn1. The van der Waals surface area contributed by atoms with Gasteiger partial charge in [-0.1, -0.05) is 0 Å². The number of halogens is 1. The van der Waals surface area contributed by atoms with E-state index in [0.717, 1.165) is 25.4 Å². The van der Waals surface area contributed by atoms with Crippen molar-refractivity contribution in [3.8, 4) is 0 Å². The molecule has 96 valence electrons. The molecule has 1 aliphatic rings. The number of nitrogens with one attached hydrogen (secondary N) is 1. The Kier molecular flexibility index (Phi) is 4.86. The molecule has 1 N–H and O–H groups in total. The average Bonchev–Trinajstić information content (AvgIpc) is 2.73. The molecule has 1 heterocycles. The Morgan fingerprint density at radius 1 is 1.41 bits per heavy atom. The van der Waals surface area contributed by atoms with Gasteiger partial charge in [-0.15, -0.1) is 11.6 Å². The summed E-state index contributed by atoms with van der Waals surface area (Å²) < 4.78 is 1.86. The first-order valence-electron chi connectivity index (χ1n) is 6.56. The maximum atomic E-state index is 6.10. The Balaban J connectivity index is 1.57. The van der Waals surface area contributed by atoms with E-state index in [0.29, 0.717) is 5.38 Å². The van der Waals surface area contributed by atoms with Crippen molar-refractivity contribution in [1.29, 1.82) is 0 Å². The molecule has 0 saturated heterocycles. The van der Waals surface area contributed by atoms with Crippen molar-refractivity contribution in [3.63, 3.8) is 0 Å². The number of rotatable bonds is 5. The highest BCUT2D eigenvalue weighted by Crippen LogP contribution is 2.26. The van der Waals surface area contributed by atoms with Gasteiger partial charge in [0.2, 0.25) is 0 Å². The fraction of sp³-hybridized carbons (Fsp3) is 0.769. The minimum absolute atomic E-state index is 0.432. The van der Waals surface area contributed by atoms with Crippen molar-refractivity contribution < 1.29 is 0 Å². The summed E-state index contributed by atoms with van der Waals surface area (Å²) in [5.41, 5.74) is 1.31. The van der Waals surface area contributed by atoms with Crippen LogP contribution in [0.2, 0.25) is 0 Å². The zero-order chi connectivity index (χ0) is 12.1. The number of nitrogens with zero attached hydrogens (tertiary/aromatic N) is 2. The third kappa shape index (κ3) is 4.32. The van der Waals surface area contributed by atoms with Gasteiger partial charge in [0.1, 0.15) is 0 Å². The molecule has 0 amide bonds. The lowest BCUT2D eigenvalue weighted by Gasteiger charge is -2.25. The molecule has 0 aromatic carbocycles. The Bertz CT molecular complexity index is 329. The molecule has 1 aliphatic carbocycles. The van der Waals surface area contributed by atoms with Crippen molar-refractivity contribution in [2.75, 3.05) is 13.1 Å². The Hall–Kier alpha value is -0.540. The van der Waals surface area contributed by atoms with Gasteiger partial charge in [0.05, 0.1) is 6.20 Å². The van der Waals surface area contributed by atoms with Crippen molar-refractivity contribution in [1.82, 2.24) is 15.1 Å². The molecule has 0 radical (unpaired) electrons. The molecule has 0 bridgehead atoms. The van der Waals surface area contributed by atoms with E-state index < -0.39 is 0 Å². The van der Waals surface area contributed by atoms with E-state index in [2.05, 4.69) is 16.6 Å². The minimum atomic E-state index is 0.432. The van der Waals surface area contributed by atoms with Crippen LogP contribution in [0, 0.1) is 5.92 Å². The van der Waals surface area contributed by atoms with Crippen LogP contribution in [0.3, 0.4) is 0 Å². The maximum absolute atomic E-state index is 6.10. The fourth-order valence-corrected chi connectivity index (χ4v) is 2.72. The third-order valence-corrected chi connectivity index (χ3v) is 3.99. The van der Waals surface area contributed by atoms with E-state index in [1.807, 2.05) is 17.9 Å². The molecule has 17 heavy (non-hydrogen) atoms. The van der Waals surface area contributed by atoms with E-state index >= 15 is 0 Å². The van der Waals surface area contributed by atoms with Crippen LogP contribution in [-0.4, -0.2) is 28.2 Å². The molecule has 3 nitrogen and oxygen atoms in total. The van der Waals surface area contributed by atoms with Gasteiger partial charge >= 0.3 is 0 Å². The first kappa shape index (κ1) is 12.9. The molecular weight excluding hydrogens is 234 g/mol. The molecule has 0 atom stereocenters. The van der Waals surface area contributed by atoms with Gasteiger partial charge in [-0.3, -0.25) is 4.68 Å². The fourth-order valence-electron chi connectivity index (χ4n) is 2.47. The lowest BCUT2D eigenvalue weighted by molar-refractivity contribution is 0.347. The van der Waals surface area contributed by atoms with Crippen LogP contribution in [0.4, 0.5) is 0 Å². The van der Waals surface area contributed by atoms with Gasteiger partial charge in [-0.05, 0) is 56.7 Å². The van der Waals surface area contributed by atoms with Crippen LogP contribution in [-0.2, 0) is 13.5 Å². The summed E-state index contributed by atoms with van der Waals surface area (Å²) in [5, 5.41) is 8.15. The molecule has 0 unspecified atom stereocenters. The largest absolute Gasteiger partial charge is 0.316 e. The van der Waals surface area contributed by atoms with Crippen molar-refractivity contribution in [2.24, 2.45) is 13.0 Å². The zero-order valence-electron chi connectivity index (χ0n) is 10.5. The molecule has 0 aliphatic heterocycles. The second kappa shape index (κ2) is 6.41. The number of alkyl halides is 1. The first-order chi connectivity index (χ1) is 8.24. The average molecular weight is 256 g/mol. The maximum Gasteiger partial charge on any atom is 0.0522 e. The molecule has 4 heteroatoms. The Morgan fingerprint density at radius 3 is 2.82 bits per heavy atom.